The minimum Gasteiger partial charge on any atom is -0.477 e. The van der Waals surface area contributed by atoms with Gasteiger partial charge >= 0.3 is 11.9 Å². The molecule has 4 nitrogen and oxygen atoms in total. The Bertz CT molecular complexity index is 400. The number of esters is 1. The molecule has 1 aromatic rings. The lowest BCUT2D eigenvalue weighted by molar-refractivity contribution is -0.142. The summed E-state index contributed by atoms with van der Waals surface area (Å²) >= 11 is 2.51. The molecule has 0 aliphatic heterocycles. The molecule has 6 heteroatoms. The molecule has 0 amide bonds. The van der Waals surface area contributed by atoms with E-state index in [9.17, 15) is 9.59 Å². The van der Waals surface area contributed by atoms with Gasteiger partial charge in [0.05, 0.1) is 6.61 Å². The van der Waals surface area contributed by atoms with Crippen molar-refractivity contribution in [3.05, 3.63) is 16.3 Å². The number of carboxylic acid groups (broad SMARTS) is 1. The van der Waals surface area contributed by atoms with Crippen LogP contribution in [0.1, 0.15) is 29.9 Å². The molecular weight excluding hydrogens is 260 g/mol. The molecular formula is C11H14O4S2. The summed E-state index contributed by atoms with van der Waals surface area (Å²) in [5, 5.41) is 10.3. The largest absolute Gasteiger partial charge is 0.477 e. The Morgan fingerprint density at radius 1 is 1.53 bits per heavy atom. The van der Waals surface area contributed by atoms with E-state index < -0.39 is 5.97 Å². The number of aromatic carboxylic acids is 1. The summed E-state index contributed by atoms with van der Waals surface area (Å²) in [6.07, 6.45) is 0.655. The van der Waals surface area contributed by atoms with Gasteiger partial charge in [-0.25, -0.2) is 4.79 Å². The molecule has 0 aromatic carbocycles. The fourth-order valence-corrected chi connectivity index (χ4v) is 3.08. The Morgan fingerprint density at radius 2 is 2.24 bits per heavy atom. The Balaban J connectivity index is 2.67. The third-order valence-electron chi connectivity index (χ3n) is 1.98. The Morgan fingerprint density at radius 3 is 2.71 bits per heavy atom. The van der Waals surface area contributed by atoms with Crippen LogP contribution < -0.4 is 0 Å². The molecule has 0 aliphatic rings. The maximum absolute atomic E-state index is 11.6. The first kappa shape index (κ1) is 14.1. The number of carboxylic acids is 1. The lowest BCUT2D eigenvalue weighted by atomic mass is 10.3. The van der Waals surface area contributed by atoms with E-state index in [4.69, 9.17) is 9.84 Å². The summed E-state index contributed by atoms with van der Waals surface area (Å²) in [4.78, 5) is 23.4. The van der Waals surface area contributed by atoms with Crippen molar-refractivity contribution in [2.75, 3.05) is 6.61 Å². The van der Waals surface area contributed by atoms with E-state index in [-0.39, 0.29) is 16.1 Å². The molecule has 94 valence electrons. The van der Waals surface area contributed by atoms with E-state index in [1.165, 1.54) is 11.8 Å². The van der Waals surface area contributed by atoms with Gasteiger partial charge in [0.2, 0.25) is 0 Å². The minimum absolute atomic E-state index is 0.247. The lowest BCUT2D eigenvalue weighted by Gasteiger charge is -2.11. The molecule has 0 bridgehead atoms. The van der Waals surface area contributed by atoms with Crippen LogP contribution >= 0.6 is 23.1 Å². The van der Waals surface area contributed by atoms with Gasteiger partial charge in [-0.2, -0.15) is 0 Å². The molecule has 0 radical (unpaired) electrons. The topological polar surface area (TPSA) is 63.6 Å². The zero-order chi connectivity index (χ0) is 12.8. The quantitative estimate of drug-likeness (QED) is 0.638. The van der Waals surface area contributed by atoms with Gasteiger partial charge in [-0.1, -0.05) is 6.92 Å². The van der Waals surface area contributed by atoms with Crippen molar-refractivity contribution in [2.45, 2.75) is 30.4 Å². The third kappa shape index (κ3) is 4.05. The van der Waals surface area contributed by atoms with Crippen LogP contribution in [0.3, 0.4) is 0 Å². The third-order valence-corrected chi connectivity index (χ3v) is 4.37. The normalized spacial score (nSPS) is 12.1. The van der Waals surface area contributed by atoms with Crippen molar-refractivity contribution in [2.24, 2.45) is 0 Å². The van der Waals surface area contributed by atoms with E-state index in [1.807, 2.05) is 6.92 Å². The summed E-state index contributed by atoms with van der Waals surface area (Å²) in [6.45, 7) is 4.03. The number of hydrogen-bond donors (Lipinski definition) is 1. The van der Waals surface area contributed by atoms with E-state index in [2.05, 4.69) is 0 Å². The summed E-state index contributed by atoms with van der Waals surface area (Å²) in [6, 6.07) is 1.58. The monoisotopic (exact) mass is 274 g/mol. The molecule has 1 heterocycles. The molecule has 1 N–H and O–H groups in total. The minimum atomic E-state index is -0.939. The average molecular weight is 274 g/mol. The highest BCUT2D eigenvalue weighted by Crippen LogP contribution is 2.30. The number of ether oxygens (including phenoxy) is 1. The molecule has 0 saturated carbocycles. The standard InChI is InChI=1S/C11H14O4S2/c1-3-8(11(14)15-4-2)17-7-5-9(10(12)13)16-6-7/h5-6,8H,3-4H2,1-2H3,(H,12,13). The number of carbonyl (C=O) groups is 2. The van der Waals surface area contributed by atoms with Crippen molar-refractivity contribution in [1.82, 2.24) is 0 Å². The number of hydrogen-bond acceptors (Lipinski definition) is 5. The van der Waals surface area contributed by atoms with Crippen molar-refractivity contribution >= 4 is 35.0 Å². The van der Waals surface area contributed by atoms with Gasteiger partial charge in [0.15, 0.2) is 0 Å². The molecule has 0 saturated heterocycles. The van der Waals surface area contributed by atoms with Crippen LogP contribution in [0.2, 0.25) is 0 Å². The van der Waals surface area contributed by atoms with Gasteiger partial charge in [0.25, 0.3) is 0 Å². The summed E-state index contributed by atoms with van der Waals surface area (Å²) in [5.74, 6) is -1.19. The second-order valence-electron chi connectivity index (χ2n) is 3.22. The number of thiophene rings is 1. The smallest absolute Gasteiger partial charge is 0.345 e. The summed E-state index contributed by atoms with van der Waals surface area (Å²) in [5.41, 5.74) is 0. The number of rotatable bonds is 6. The SMILES string of the molecule is CCOC(=O)C(CC)Sc1csc(C(=O)O)c1. The molecule has 17 heavy (non-hydrogen) atoms. The van der Waals surface area contributed by atoms with Crippen molar-refractivity contribution in [3.8, 4) is 0 Å². The predicted molar refractivity (Wildman–Crippen MR) is 67.8 cm³/mol. The fraction of sp³-hybridized carbons (Fsp3) is 0.455. The highest BCUT2D eigenvalue weighted by Gasteiger charge is 2.20. The molecule has 1 rings (SSSR count). The van der Waals surface area contributed by atoms with Crippen LogP contribution in [-0.2, 0) is 9.53 Å². The Kier molecular flexibility index (Phi) is 5.50. The molecule has 1 unspecified atom stereocenters. The van der Waals surface area contributed by atoms with Crippen molar-refractivity contribution < 1.29 is 19.4 Å². The van der Waals surface area contributed by atoms with Crippen LogP contribution in [0.15, 0.2) is 16.3 Å². The molecule has 0 aliphatic carbocycles. The molecule has 0 spiro atoms. The van der Waals surface area contributed by atoms with E-state index in [1.54, 1.807) is 18.4 Å². The predicted octanol–water partition coefficient (Wildman–Crippen LogP) is 2.88. The fourth-order valence-electron chi connectivity index (χ4n) is 1.19. The van der Waals surface area contributed by atoms with E-state index in [0.717, 1.165) is 16.2 Å². The zero-order valence-corrected chi connectivity index (χ0v) is 11.3. The van der Waals surface area contributed by atoms with Gasteiger partial charge in [-0.3, -0.25) is 4.79 Å². The second-order valence-corrected chi connectivity index (χ2v) is 5.41. The van der Waals surface area contributed by atoms with Crippen LogP contribution in [0, 0.1) is 0 Å². The van der Waals surface area contributed by atoms with Gasteiger partial charge < -0.3 is 9.84 Å². The Hall–Kier alpha value is -1.01. The van der Waals surface area contributed by atoms with E-state index >= 15 is 0 Å². The summed E-state index contributed by atoms with van der Waals surface area (Å²) in [7, 11) is 0. The molecule has 1 atom stereocenters. The first-order chi connectivity index (χ1) is 8.08. The molecule has 1 aromatic heterocycles. The maximum atomic E-state index is 11.6. The lowest BCUT2D eigenvalue weighted by Crippen LogP contribution is -2.19. The Labute approximate surface area is 108 Å². The van der Waals surface area contributed by atoms with E-state index in [0.29, 0.717) is 13.0 Å². The van der Waals surface area contributed by atoms with Crippen LogP contribution in [0.4, 0.5) is 0 Å². The second kappa shape index (κ2) is 6.66. The first-order valence-corrected chi connectivity index (χ1v) is 6.99. The highest BCUT2D eigenvalue weighted by atomic mass is 32.2. The molecule has 0 fully saturated rings. The van der Waals surface area contributed by atoms with Crippen molar-refractivity contribution in [1.29, 1.82) is 0 Å². The van der Waals surface area contributed by atoms with Gasteiger partial charge in [0.1, 0.15) is 10.1 Å². The number of carbonyl (C=O) groups excluding carboxylic acids is 1. The van der Waals surface area contributed by atoms with Crippen LogP contribution in [0.5, 0.6) is 0 Å². The van der Waals surface area contributed by atoms with Crippen LogP contribution in [-0.4, -0.2) is 28.9 Å². The number of thioether (sulfide) groups is 1. The summed E-state index contributed by atoms with van der Waals surface area (Å²) < 4.78 is 4.95. The van der Waals surface area contributed by atoms with Gasteiger partial charge in [-0.15, -0.1) is 23.1 Å². The van der Waals surface area contributed by atoms with Gasteiger partial charge in [0, 0.05) is 10.3 Å². The van der Waals surface area contributed by atoms with Crippen molar-refractivity contribution in [3.63, 3.8) is 0 Å². The average Bonchev–Trinajstić information content (AvgIpc) is 2.74. The van der Waals surface area contributed by atoms with Crippen LogP contribution in [0.25, 0.3) is 0 Å². The highest BCUT2D eigenvalue weighted by molar-refractivity contribution is 8.00. The zero-order valence-electron chi connectivity index (χ0n) is 9.63. The maximum Gasteiger partial charge on any atom is 0.345 e. The van der Waals surface area contributed by atoms with Gasteiger partial charge in [-0.05, 0) is 19.4 Å². The first-order valence-electron chi connectivity index (χ1n) is 5.23.